The molecule has 0 amide bonds. The van der Waals surface area contributed by atoms with Crippen molar-refractivity contribution in [1.82, 2.24) is 13.5 Å². The molecule has 0 saturated carbocycles. The Balaban J connectivity index is 1.05. The molecule has 58 heavy (non-hydrogen) atoms. The summed E-state index contributed by atoms with van der Waals surface area (Å²) in [6.07, 6.45) is 0. The van der Waals surface area contributed by atoms with E-state index in [2.05, 4.69) is 196 Å². The summed E-state index contributed by atoms with van der Waals surface area (Å²) in [5, 5.41) is 12.4. The molecule has 9 aromatic carbocycles. The normalized spacial score (nSPS) is 12.5. The average molecular weight is 738 g/mol. The molecule has 5 aromatic heterocycles. The monoisotopic (exact) mass is 737 g/mol. The topological polar surface area (TPSA) is 27.4 Å². The molecule has 0 unspecified atom stereocenters. The van der Waals surface area contributed by atoms with E-state index < -0.39 is 0 Å². The van der Waals surface area contributed by atoms with Crippen molar-refractivity contribution in [3.63, 3.8) is 0 Å². The molecule has 0 bridgehead atoms. The summed E-state index contributed by atoms with van der Waals surface area (Å²) in [7, 11) is 0. The average Bonchev–Trinajstić information content (AvgIpc) is 4.08. The van der Waals surface area contributed by atoms with Crippen LogP contribution in [0, 0.1) is 0 Å². The molecule has 0 aliphatic heterocycles. The quantitative estimate of drug-likeness (QED) is 0.177. The molecule has 0 atom stereocenters. The lowest BCUT2D eigenvalue weighted by molar-refractivity contribution is 0.670. The first-order valence-electron chi connectivity index (χ1n) is 19.9. The minimum Gasteiger partial charge on any atom is -0.455 e. The van der Waals surface area contributed by atoms with Gasteiger partial charge in [-0.05, 0) is 72.3 Å². The maximum atomic E-state index is 6.52. The number of nitrogens with zero attached hydrogens (tertiary/aromatic N) is 3. The summed E-state index contributed by atoms with van der Waals surface area (Å²) >= 11 is 0. The van der Waals surface area contributed by atoms with Gasteiger partial charge in [0.15, 0.2) is 0 Å². The number of rotatable bonds is 3. The number of hydrogen-bond donors (Lipinski definition) is 0. The maximum Gasteiger partial charge on any atom is 0.143 e. The molecule has 0 spiro atoms. The van der Waals surface area contributed by atoms with E-state index in [0.717, 1.165) is 44.4 Å². The van der Waals surface area contributed by atoms with E-state index in [1.54, 1.807) is 0 Å². The first-order chi connectivity index (χ1) is 28.8. The van der Waals surface area contributed by atoms with Crippen molar-refractivity contribution in [1.29, 1.82) is 0 Å². The van der Waals surface area contributed by atoms with Crippen LogP contribution in [0.5, 0.6) is 0 Å². The number of aromatic nitrogens is 3. The molecule has 0 saturated heterocycles. The van der Waals surface area contributed by atoms with Crippen LogP contribution >= 0.6 is 0 Å². The Bertz CT molecular complexity index is 4030. The maximum absolute atomic E-state index is 6.52. The van der Waals surface area contributed by atoms with Gasteiger partial charge in [0.1, 0.15) is 11.2 Å². The highest BCUT2D eigenvalue weighted by Gasteiger charge is 2.24. The fraction of sp³-hybridized carbons (Fsp3) is 0. The molecular formula is C54H31N3O. The number of furan rings is 1. The molecule has 14 rings (SSSR count). The minimum absolute atomic E-state index is 0.915. The number of benzene rings is 9. The van der Waals surface area contributed by atoms with Crippen molar-refractivity contribution in [2.24, 2.45) is 0 Å². The highest BCUT2D eigenvalue weighted by molar-refractivity contribution is 6.33. The Morgan fingerprint density at radius 1 is 0.328 bits per heavy atom. The van der Waals surface area contributed by atoms with Crippen LogP contribution in [0.25, 0.3) is 126 Å². The van der Waals surface area contributed by atoms with Crippen molar-refractivity contribution in [2.45, 2.75) is 0 Å². The molecule has 5 heterocycles. The van der Waals surface area contributed by atoms with E-state index in [4.69, 9.17) is 4.42 Å². The lowest BCUT2D eigenvalue weighted by Gasteiger charge is -2.10. The third-order valence-corrected chi connectivity index (χ3v) is 12.8. The summed E-state index contributed by atoms with van der Waals surface area (Å²) < 4.78 is 13.9. The van der Waals surface area contributed by atoms with Crippen LogP contribution in [0.1, 0.15) is 0 Å². The van der Waals surface area contributed by atoms with E-state index in [0.29, 0.717) is 0 Å². The van der Waals surface area contributed by atoms with Gasteiger partial charge in [0.05, 0.1) is 38.6 Å². The van der Waals surface area contributed by atoms with Crippen LogP contribution in [-0.4, -0.2) is 13.5 Å². The number of hydrogen-bond acceptors (Lipinski definition) is 1. The molecular weight excluding hydrogens is 707 g/mol. The van der Waals surface area contributed by atoms with Crippen LogP contribution in [0.2, 0.25) is 0 Å². The van der Waals surface area contributed by atoms with Crippen LogP contribution < -0.4 is 0 Å². The lowest BCUT2D eigenvalue weighted by atomic mass is 10.00. The highest BCUT2D eigenvalue weighted by Crippen LogP contribution is 2.46. The molecule has 0 fully saturated rings. The van der Waals surface area contributed by atoms with Gasteiger partial charge in [-0.25, -0.2) is 0 Å². The van der Waals surface area contributed by atoms with Crippen molar-refractivity contribution >= 4 is 104 Å². The SMILES string of the molecule is c1ccc(-n2c3ccccc3c3cc(-n4c5ccccc5c5c6c7cccc8c9ccc(-c%10cccc%11c%10oc%10ccccc%10%11)cc9n(c6ccc54)c87)ccc32)cc1. The van der Waals surface area contributed by atoms with E-state index in [9.17, 15) is 0 Å². The zero-order valence-electron chi connectivity index (χ0n) is 31.1. The van der Waals surface area contributed by atoms with Crippen molar-refractivity contribution in [3.05, 3.63) is 188 Å². The Hall–Kier alpha value is -7.82. The van der Waals surface area contributed by atoms with E-state index in [-0.39, 0.29) is 0 Å². The van der Waals surface area contributed by atoms with Crippen molar-refractivity contribution in [3.8, 4) is 22.5 Å². The zero-order valence-corrected chi connectivity index (χ0v) is 31.1. The van der Waals surface area contributed by atoms with Gasteiger partial charge in [-0.3, -0.25) is 0 Å². The first kappa shape index (κ1) is 30.4. The number of fused-ring (bicyclic) bond motifs is 16. The molecule has 4 nitrogen and oxygen atoms in total. The second-order valence-corrected chi connectivity index (χ2v) is 15.6. The Morgan fingerprint density at radius 3 is 1.84 bits per heavy atom. The van der Waals surface area contributed by atoms with Gasteiger partial charge in [0.2, 0.25) is 0 Å². The molecule has 268 valence electrons. The van der Waals surface area contributed by atoms with E-state index >= 15 is 0 Å². The summed E-state index contributed by atoms with van der Waals surface area (Å²) in [5.74, 6) is 0. The molecule has 4 heteroatoms. The smallest absolute Gasteiger partial charge is 0.143 e. The van der Waals surface area contributed by atoms with E-state index in [1.807, 2.05) is 6.07 Å². The molecule has 0 aliphatic rings. The van der Waals surface area contributed by atoms with Gasteiger partial charge in [-0.2, -0.15) is 0 Å². The second-order valence-electron chi connectivity index (χ2n) is 15.6. The molecule has 0 radical (unpaired) electrons. The molecule has 0 N–H and O–H groups in total. The highest BCUT2D eigenvalue weighted by atomic mass is 16.3. The van der Waals surface area contributed by atoms with Crippen LogP contribution in [0.3, 0.4) is 0 Å². The van der Waals surface area contributed by atoms with Gasteiger partial charge < -0.3 is 18.0 Å². The predicted octanol–water partition coefficient (Wildman–Crippen LogP) is 14.6. The predicted molar refractivity (Wildman–Crippen MR) is 242 cm³/mol. The lowest BCUT2D eigenvalue weighted by Crippen LogP contribution is -1.95. The number of para-hydroxylation sites is 6. The summed E-state index contributed by atoms with van der Waals surface area (Å²) in [5.41, 5.74) is 14.9. The summed E-state index contributed by atoms with van der Waals surface area (Å²) in [6, 6.07) is 68.6. The van der Waals surface area contributed by atoms with Crippen molar-refractivity contribution in [2.75, 3.05) is 0 Å². The summed E-state index contributed by atoms with van der Waals surface area (Å²) in [6.45, 7) is 0. The standard InChI is InChI=1S/C54H31N3O/c1-2-12-33(13-3-1)55-44-21-7-4-14-36(44)43-31-34(25-27-46(43)55)56-45-22-8-5-16-41(45)51-47(56)28-29-48-52(51)42-20-11-18-39-37-26-24-32(30-49(37)57(48)53(39)42)35-17-10-19-40-38-15-6-9-23-50(38)58-54(35)40/h1-31H. The fourth-order valence-electron chi connectivity index (χ4n) is 10.4. The summed E-state index contributed by atoms with van der Waals surface area (Å²) in [4.78, 5) is 0. The Labute approximate surface area is 330 Å². The first-order valence-corrected chi connectivity index (χ1v) is 19.9. The van der Waals surface area contributed by atoms with E-state index in [1.165, 1.54) is 81.7 Å². The van der Waals surface area contributed by atoms with Gasteiger partial charge in [-0.1, -0.05) is 121 Å². The fourth-order valence-corrected chi connectivity index (χ4v) is 10.4. The van der Waals surface area contributed by atoms with Crippen LogP contribution in [0.4, 0.5) is 0 Å². The van der Waals surface area contributed by atoms with Crippen LogP contribution in [0.15, 0.2) is 192 Å². The third-order valence-electron chi connectivity index (χ3n) is 12.8. The van der Waals surface area contributed by atoms with Crippen molar-refractivity contribution < 1.29 is 4.42 Å². The third kappa shape index (κ3) is 3.79. The largest absolute Gasteiger partial charge is 0.455 e. The minimum atomic E-state index is 0.915. The van der Waals surface area contributed by atoms with Crippen LogP contribution in [-0.2, 0) is 0 Å². The second kappa shape index (κ2) is 10.9. The Kier molecular flexibility index (Phi) is 5.73. The van der Waals surface area contributed by atoms with Gasteiger partial charge >= 0.3 is 0 Å². The van der Waals surface area contributed by atoms with Gasteiger partial charge in [-0.15, -0.1) is 0 Å². The molecule has 14 aromatic rings. The van der Waals surface area contributed by atoms with Gasteiger partial charge in [0, 0.05) is 70.8 Å². The van der Waals surface area contributed by atoms with Gasteiger partial charge in [0.25, 0.3) is 0 Å². The zero-order chi connectivity index (χ0) is 37.6. The Morgan fingerprint density at radius 2 is 0.948 bits per heavy atom. The molecule has 0 aliphatic carbocycles.